The molecule has 2 fully saturated rings. The molecule has 2 aliphatic heterocycles. The number of rotatable bonds is 6. The van der Waals surface area contributed by atoms with E-state index in [1.165, 1.54) is 11.1 Å². The highest BCUT2D eigenvalue weighted by molar-refractivity contribution is 7.91. The summed E-state index contributed by atoms with van der Waals surface area (Å²) in [5.74, 6) is 1.75. The molecule has 0 saturated carbocycles. The molecule has 1 aromatic carbocycles. The van der Waals surface area contributed by atoms with Gasteiger partial charge in [0.25, 0.3) is 0 Å². The molecule has 170 valence electrons. The summed E-state index contributed by atoms with van der Waals surface area (Å²) in [5.41, 5.74) is 2.75. The van der Waals surface area contributed by atoms with Crippen LogP contribution in [0.3, 0.4) is 0 Å². The topological polar surface area (TPSA) is 63.4 Å². The van der Waals surface area contributed by atoms with Crippen molar-refractivity contribution in [3.05, 3.63) is 46.0 Å². The molecular formula is C22H33N5O2S2. The summed E-state index contributed by atoms with van der Waals surface area (Å²) in [6.45, 7) is 10.0. The molecule has 4 rings (SSSR count). The van der Waals surface area contributed by atoms with Gasteiger partial charge in [-0.05, 0) is 35.7 Å². The number of sulfone groups is 1. The Hall–Kier alpha value is -1.55. The first-order chi connectivity index (χ1) is 14.7. The standard InChI is InChI=1S/C22H33N5O2S2/c1-17(2)19-6-4-18(5-7-19)14-25-9-11-26(12-10-25)16-27-22(30)24(3)21(23-27)20-8-13-31(28,29)15-20/h4-7,17,20H,8-16H2,1-3H3/t20-/m0/s1. The summed E-state index contributed by atoms with van der Waals surface area (Å²) >= 11 is 5.59. The summed E-state index contributed by atoms with van der Waals surface area (Å²) < 4.78 is 28.1. The molecule has 0 bridgehead atoms. The van der Waals surface area contributed by atoms with Crippen LogP contribution in [0.2, 0.25) is 0 Å². The molecule has 31 heavy (non-hydrogen) atoms. The fourth-order valence-corrected chi connectivity index (χ4v) is 6.43. The van der Waals surface area contributed by atoms with Gasteiger partial charge in [-0.1, -0.05) is 38.1 Å². The number of benzene rings is 1. The SMILES string of the molecule is CC(C)c1ccc(CN2CCN(Cn3nc([C@H]4CCS(=O)(=O)C4)n(C)c3=S)CC2)cc1. The normalized spacial score (nSPS) is 22.4. The molecule has 1 aromatic heterocycles. The minimum absolute atomic E-state index is 0.0446. The van der Waals surface area contributed by atoms with Gasteiger partial charge in [-0.15, -0.1) is 0 Å². The van der Waals surface area contributed by atoms with Gasteiger partial charge in [0.2, 0.25) is 0 Å². The Bertz CT molecular complexity index is 1060. The first kappa shape index (κ1) is 22.6. The van der Waals surface area contributed by atoms with Crippen LogP contribution in [-0.2, 0) is 30.1 Å². The molecule has 0 radical (unpaired) electrons. The summed E-state index contributed by atoms with van der Waals surface area (Å²) in [7, 11) is -1.05. The highest BCUT2D eigenvalue weighted by Crippen LogP contribution is 2.27. The van der Waals surface area contributed by atoms with Crippen molar-refractivity contribution in [2.75, 3.05) is 37.7 Å². The van der Waals surface area contributed by atoms with Gasteiger partial charge in [0, 0.05) is 45.7 Å². The van der Waals surface area contributed by atoms with Crippen LogP contribution >= 0.6 is 12.2 Å². The van der Waals surface area contributed by atoms with Gasteiger partial charge < -0.3 is 4.57 Å². The molecule has 7 nitrogen and oxygen atoms in total. The number of piperazine rings is 1. The maximum Gasteiger partial charge on any atom is 0.198 e. The zero-order valence-electron chi connectivity index (χ0n) is 18.7. The Balaban J connectivity index is 1.33. The van der Waals surface area contributed by atoms with Gasteiger partial charge in [-0.25, -0.2) is 13.1 Å². The number of nitrogens with zero attached hydrogens (tertiary/aromatic N) is 5. The molecular weight excluding hydrogens is 430 g/mol. The summed E-state index contributed by atoms with van der Waals surface area (Å²) in [6.07, 6.45) is 0.638. The first-order valence-electron chi connectivity index (χ1n) is 11.1. The maximum atomic E-state index is 11.9. The van der Waals surface area contributed by atoms with Crippen molar-refractivity contribution in [1.29, 1.82) is 0 Å². The van der Waals surface area contributed by atoms with E-state index in [1.807, 2.05) is 16.3 Å². The van der Waals surface area contributed by atoms with Gasteiger partial charge >= 0.3 is 0 Å². The third-order valence-electron chi connectivity index (χ3n) is 6.52. The van der Waals surface area contributed by atoms with Crippen LogP contribution in [0.1, 0.15) is 49.1 Å². The van der Waals surface area contributed by atoms with E-state index in [1.54, 1.807) is 0 Å². The second kappa shape index (κ2) is 9.13. The van der Waals surface area contributed by atoms with Crippen LogP contribution in [0.25, 0.3) is 0 Å². The van der Waals surface area contributed by atoms with E-state index in [0.717, 1.165) is 38.5 Å². The first-order valence-corrected chi connectivity index (χ1v) is 13.3. The lowest BCUT2D eigenvalue weighted by molar-refractivity contribution is 0.0979. The zero-order chi connectivity index (χ0) is 22.2. The van der Waals surface area contributed by atoms with Crippen molar-refractivity contribution < 1.29 is 8.42 Å². The van der Waals surface area contributed by atoms with Crippen LogP contribution < -0.4 is 0 Å². The van der Waals surface area contributed by atoms with E-state index >= 15 is 0 Å². The van der Waals surface area contributed by atoms with E-state index in [0.29, 0.717) is 23.8 Å². The van der Waals surface area contributed by atoms with E-state index < -0.39 is 9.84 Å². The lowest BCUT2D eigenvalue weighted by atomic mass is 10.0. The van der Waals surface area contributed by atoms with Gasteiger partial charge in [-0.3, -0.25) is 9.80 Å². The fraction of sp³-hybridized carbons (Fsp3) is 0.636. The highest BCUT2D eigenvalue weighted by Gasteiger charge is 2.32. The minimum atomic E-state index is -2.94. The monoisotopic (exact) mass is 463 g/mol. The molecule has 2 aliphatic rings. The van der Waals surface area contributed by atoms with E-state index in [2.05, 4.69) is 47.9 Å². The van der Waals surface area contributed by atoms with Crippen LogP contribution in [0, 0.1) is 4.77 Å². The van der Waals surface area contributed by atoms with Crippen LogP contribution in [-0.4, -0.2) is 70.2 Å². The average molecular weight is 464 g/mol. The predicted molar refractivity (Wildman–Crippen MR) is 125 cm³/mol. The van der Waals surface area contributed by atoms with E-state index in [4.69, 9.17) is 17.3 Å². The summed E-state index contributed by atoms with van der Waals surface area (Å²) in [4.78, 5) is 4.86. The van der Waals surface area contributed by atoms with Crippen molar-refractivity contribution in [3.63, 3.8) is 0 Å². The average Bonchev–Trinajstić information content (AvgIpc) is 3.23. The second-order valence-corrected chi connectivity index (χ2v) is 11.8. The number of hydrogen-bond acceptors (Lipinski definition) is 6. The fourth-order valence-electron chi connectivity index (χ4n) is 4.50. The molecule has 3 heterocycles. The zero-order valence-corrected chi connectivity index (χ0v) is 20.3. The molecule has 9 heteroatoms. The highest BCUT2D eigenvalue weighted by atomic mass is 32.2. The molecule has 1 atom stereocenters. The van der Waals surface area contributed by atoms with Crippen LogP contribution in [0.4, 0.5) is 0 Å². The predicted octanol–water partition coefficient (Wildman–Crippen LogP) is 2.75. The van der Waals surface area contributed by atoms with Crippen molar-refractivity contribution in [2.24, 2.45) is 7.05 Å². The maximum absolute atomic E-state index is 11.9. The number of aromatic nitrogens is 3. The summed E-state index contributed by atoms with van der Waals surface area (Å²) in [5, 5.41) is 4.72. The largest absolute Gasteiger partial charge is 0.307 e. The van der Waals surface area contributed by atoms with Crippen molar-refractivity contribution in [2.45, 2.75) is 45.3 Å². The lowest BCUT2D eigenvalue weighted by Gasteiger charge is -2.34. The van der Waals surface area contributed by atoms with Crippen molar-refractivity contribution >= 4 is 22.1 Å². The Morgan fingerprint density at radius 2 is 1.74 bits per heavy atom. The van der Waals surface area contributed by atoms with Crippen molar-refractivity contribution in [1.82, 2.24) is 24.1 Å². The second-order valence-electron chi connectivity index (χ2n) is 9.23. The molecule has 0 unspecified atom stereocenters. The Morgan fingerprint density at radius 3 is 2.32 bits per heavy atom. The van der Waals surface area contributed by atoms with Gasteiger partial charge in [-0.2, -0.15) is 5.10 Å². The molecule has 0 amide bonds. The van der Waals surface area contributed by atoms with Crippen LogP contribution in [0.15, 0.2) is 24.3 Å². The molecule has 2 saturated heterocycles. The molecule has 2 aromatic rings. The number of hydrogen-bond donors (Lipinski definition) is 0. The van der Waals surface area contributed by atoms with E-state index in [-0.39, 0.29) is 17.4 Å². The lowest BCUT2D eigenvalue weighted by Crippen LogP contribution is -2.46. The quantitative estimate of drug-likeness (QED) is 0.614. The summed E-state index contributed by atoms with van der Waals surface area (Å²) in [6, 6.07) is 8.98. The third-order valence-corrected chi connectivity index (χ3v) is 8.78. The Kier molecular flexibility index (Phi) is 6.67. The van der Waals surface area contributed by atoms with Gasteiger partial charge in [0.05, 0.1) is 18.2 Å². The molecule has 0 N–H and O–H groups in total. The Labute approximate surface area is 190 Å². The van der Waals surface area contributed by atoms with E-state index in [9.17, 15) is 8.42 Å². The van der Waals surface area contributed by atoms with Crippen molar-refractivity contribution in [3.8, 4) is 0 Å². The van der Waals surface area contributed by atoms with Gasteiger partial charge in [0.1, 0.15) is 5.82 Å². The third kappa shape index (κ3) is 5.27. The van der Waals surface area contributed by atoms with Gasteiger partial charge in [0.15, 0.2) is 14.6 Å². The molecule has 0 spiro atoms. The smallest absolute Gasteiger partial charge is 0.198 e. The van der Waals surface area contributed by atoms with Crippen LogP contribution in [0.5, 0.6) is 0 Å². The Morgan fingerprint density at radius 1 is 1.10 bits per heavy atom. The minimum Gasteiger partial charge on any atom is -0.307 e. The molecule has 0 aliphatic carbocycles.